The highest BCUT2D eigenvalue weighted by Gasteiger charge is 2.21. The molecule has 0 atom stereocenters. The van der Waals surface area contributed by atoms with Crippen LogP contribution in [-0.4, -0.2) is 43.8 Å². The van der Waals surface area contributed by atoms with Crippen LogP contribution < -0.4 is 5.32 Å². The first-order valence-electron chi connectivity index (χ1n) is 4.86. The first-order chi connectivity index (χ1) is 6.27. The number of hydrogen-bond acceptors (Lipinski definition) is 2. The molecule has 0 bridgehead atoms. The van der Waals surface area contributed by atoms with Gasteiger partial charge in [-0.25, -0.2) is 4.79 Å². The predicted molar refractivity (Wildman–Crippen MR) is 50.7 cm³/mol. The third-order valence-electron chi connectivity index (χ3n) is 2.35. The summed E-state index contributed by atoms with van der Waals surface area (Å²) in [6.07, 6.45) is 2.27. The molecular weight excluding hydrogens is 168 g/mol. The molecule has 0 aromatic rings. The van der Waals surface area contributed by atoms with E-state index in [0.29, 0.717) is 6.10 Å². The van der Waals surface area contributed by atoms with Gasteiger partial charge in [-0.3, -0.25) is 0 Å². The van der Waals surface area contributed by atoms with Gasteiger partial charge in [0.25, 0.3) is 0 Å². The topological polar surface area (TPSA) is 41.6 Å². The number of rotatable bonds is 2. The molecule has 1 aliphatic rings. The van der Waals surface area contributed by atoms with Crippen molar-refractivity contribution < 1.29 is 9.53 Å². The van der Waals surface area contributed by atoms with Crippen LogP contribution in [0.25, 0.3) is 0 Å². The van der Waals surface area contributed by atoms with Crippen molar-refractivity contribution in [1.29, 1.82) is 0 Å². The van der Waals surface area contributed by atoms with E-state index in [-0.39, 0.29) is 6.03 Å². The summed E-state index contributed by atoms with van der Waals surface area (Å²) < 4.78 is 5.49. The predicted octanol–water partition coefficient (Wildman–Crippen LogP) is 0.827. The Bertz CT molecular complexity index is 165. The van der Waals surface area contributed by atoms with Gasteiger partial charge in [0, 0.05) is 26.7 Å². The molecule has 1 saturated heterocycles. The van der Waals surface area contributed by atoms with Crippen molar-refractivity contribution in [3.05, 3.63) is 0 Å². The Morgan fingerprint density at radius 2 is 2.15 bits per heavy atom. The Kier molecular flexibility index (Phi) is 4.02. The third-order valence-corrected chi connectivity index (χ3v) is 2.35. The van der Waals surface area contributed by atoms with E-state index in [0.717, 1.165) is 32.5 Å². The number of carbonyl (C=O) groups excluding carboxylic acids is 1. The minimum atomic E-state index is 0.0231. The second-order valence-electron chi connectivity index (χ2n) is 3.20. The number of piperidine rings is 1. The fourth-order valence-corrected chi connectivity index (χ4v) is 1.62. The number of nitrogens with one attached hydrogen (secondary N) is 1. The van der Waals surface area contributed by atoms with Crippen molar-refractivity contribution in [2.24, 2.45) is 0 Å². The van der Waals surface area contributed by atoms with Crippen LogP contribution in [-0.2, 0) is 4.74 Å². The van der Waals surface area contributed by atoms with Gasteiger partial charge in [-0.2, -0.15) is 0 Å². The molecule has 1 aliphatic heterocycles. The molecule has 13 heavy (non-hydrogen) atoms. The number of carbonyl (C=O) groups is 1. The lowest BCUT2D eigenvalue weighted by molar-refractivity contribution is 0.0222. The Hall–Kier alpha value is -0.770. The van der Waals surface area contributed by atoms with Crippen LogP contribution >= 0.6 is 0 Å². The van der Waals surface area contributed by atoms with Gasteiger partial charge in [-0.05, 0) is 19.8 Å². The molecule has 0 aliphatic carbocycles. The normalized spacial score (nSPS) is 18.8. The number of hydrogen-bond donors (Lipinski definition) is 1. The lowest BCUT2D eigenvalue weighted by atomic mass is 10.1. The molecule has 1 heterocycles. The van der Waals surface area contributed by atoms with Gasteiger partial charge in [0.2, 0.25) is 0 Å². The quantitative estimate of drug-likeness (QED) is 0.694. The fraction of sp³-hybridized carbons (Fsp3) is 0.889. The number of urea groups is 1. The minimum absolute atomic E-state index is 0.0231. The Labute approximate surface area is 79.2 Å². The summed E-state index contributed by atoms with van der Waals surface area (Å²) in [5, 5.41) is 2.63. The summed E-state index contributed by atoms with van der Waals surface area (Å²) in [5.41, 5.74) is 0. The maximum Gasteiger partial charge on any atom is 0.317 e. The standard InChI is InChI=1S/C9H18N2O2/c1-3-13-8-4-6-11(7-5-8)9(12)10-2/h8H,3-7H2,1-2H3,(H,10,12). The molecule has 1 N–H and O–H groups in total. The van der Waals surface area contributed by atoms with Gasteiger partial charge in [0.1, 0.15) is 0 Å². The van der Waals surface area contributed by atoms with Crippen molar-refractivity contribution in [2.75, 3.05) is 26.7 Å². The zero-order chi connectivity index (χ0) is 9.68. The van der Waals surface area contributed by atoms with E-state index in [1.807, 2.05) is 11.8 Å². The molecule has 4 heteroatoms. The van der Waals surface area contributed by atoms with E-state index in [9.17, 15) is 4.79 Å². The highest BCUT2D eigenvalue weighted by Crippen LogP contribution is 2.13. The van der Waals surface area contributed by atoms with Gasteiger partial charge in [0.15, 0.2) is 0 Å². The van der Waals surface area contributed by atoms with Gasteiger partial charge < -0.3 is 15.0 Å². The molecular formula is C9H18N2O2. The van der Waals surface area contributed by atoms with Gasteiger partial charge >= 0.3 is 6.03 Å². The number of nitrogens with zero attached hydrogens (tertiary/aromatic N) is 1. The first kappa shape index (κ1) is 10.3. The molecule has 0 radical (unpaired) electrons. The molecule has 0 saturated carbocycles. The lowest BCUT2D eigenvalue weighted by Crippen LogP contribution is -2.44. The maximum absolute atomic E-state index is 11.2. The summed E-state index contributed by atoms with van der Waals surface area (Å²) in [6.45, 7) is 4.39. The lowest BCUT2D eigenvalue weighted by Gasteiger charge is -2.31. The molecule has 1 fully saturated rings. The molecule has 0 spiro atoms. The van der Waals surface area contributed by atoms with Gasteiger partial charge in [0.05, 0.1) is 6.10 Å². The smallest absolute Gasteiger partial charge is 0.317 e. The monoisotopic (exact) mass is 186 g/mol. The van der Waals surface area contributed by atoms with Crippen LogP contribution in [0.15, 0.2) is 0 Å². The summed E-state index contributed by atoms with van der Waals surface area (Å²) in [7, 11) is 1.66. The number of likely N-dealkylation sites (tertiary alicyclic amines) is 1. The van der Waals surface area contributed by atoms with Crippen molar-refractivity contribution >= 4 is 6.03 Å². The average Bonchev–Trinajstić information content (AvgIpc) is 2.18. The molecule has 0 aromatic heterocycles. The van der Waals surface area contributed by atoms with E-state index in [1.165, 1.54) is 0 Å². The Balaban J connectivity index is 2.26. The van der Waals surface area contributed by atoms with Crippen LogP contribution in [0.2, 0.25) is 0 Å². The van der Waals surface area contributed by atoms with Gasteiger partial charge in [-0.1, -0.05) is 0 Å². The van der Waals surface area contributed by atoms with Crippen molar-refractivity contribution in [3.63, 3.8) is 0 Å². The molecule has 4 nitrogen and oxygen atoms in total. The second-order valence-corrected chi connectivity index (χ2v) is 3.20. The largest absolute Gasteiger partial charge is 0.378 e. The van der Waals surface area contributed by atoms with E-state index in [1.54, 1.807) is 7.05 Å². The molecule has 0 unspecified atom stereocenters. The summed E-state index contributed by atoms with van der Waals surface area (Å²) in [5.74, 6) is 0. The first-order valence-corrected chi connectivity index (χ1v) is 4.86. The highest BCUT2D eigenvalue weighted by molar-refractivity contribution is 5.73. The van der Waals surface area contributed by atoms with Gasteiger partial charge in [-0.15, -0.1) is 0 Å². The summed E-state index contributed by atoms with van der Waals surface area (Å²) >= 11 is 0. The van der Waals surface area contributed by atoms with E-state index in [4.69, 9.17) is 4.74 Å². The average molecular weight is 186 g/mol. The highest BCUT2D eigenvalue weighted by atomic mass is 16.5. The van der Waals surface area contributed by atoms with Crippen LogP contribution in [0.3, 0.4) is 0 Å². The van der Waals surface area contributed by atoms with Crippen molar-refractivity contribution in [1.82, 2.24) is 10.2 Å². The number of amides is 2. The SMILES string of the molecule is CCOC1CCN(C(=O)NC)CC1. The Morgan fingerprint density at radius 1 is 1.54 bits per heavy atom. The third kappa shape index (κ3) is 2.88. The molecule has 1 rings (SSSR count). The van der Waals surface area contributed by atoms with E-state index in [2.05, 4.69) is 5.32 Å². The van der Waals surface area contributed by atoms with Crippen molar-refractivity contribution in [2.45, 2.75) is 25.9 Å². The van der Waals surface area contributed by atoms with Crippen LogP contribution in [0.1, 0.15) is 19.8 Å². The molecule has 0 aromatic carbocycles. The second kappa shape index (κ2) is 5.07. The molecule has 2 amide bonds. The Morgan fingerprint density at radius 3 is 2.62 bits per heavy atom. The summed E-state index contributed by atoms with van der Waals surface area (Å²) in [6, 6.07) is 0.0231. The van der Waals surface area contributed by atoms with Crippen LogP contribution in [0, 0.1) is 0 Å². The van der Waals surface area contributed by atoms with E-state index < -0.39 is 0 Å². The number of ether oxygens (including phenoxy) is 1. The van der Waals surface area contributed by atoms with Crippen molar-refractivity contribution in [3.8, 4) is 0 Å². The summed E-state index contributed by atoms with van der Waals surface area (Å²) in [4.78, 5) is 13.0. The fourth-order valence-electron chi connectivity index (χ4n) is 1.62. The zero-order valence-electron chi connectivity index (χ0n) is 8.38. The van der Waals surface area contributed by atoms with E-state index >= 15 is 0 Å². The maximum atomic E-state index is 11.2. The minimum Gasteiger partial charge on any atom is -0.378 e. The van der Waals surface area contributed by atoms with Crippen LogP contribution in [0.4, 0.5) is 4.79 Å². The zero-order valence-corrected chi connectivity index (χ0v) is 8.38. The van der Waals surface area contributed by atoms with Crippen LogP contribution in [0.5, 0.6) is 0 Å². The molecule has 76 valence electrons.